The van der Waals surface area contributed by atoms with Crippen molar-refractivity contribution in [3.05, 3.63) is 29.6 Å². The Morgan fingerprint density at radius 2 is 2.38 bits per heavy atom. The van der Waals surface area contributed by atoms with Gasteiger partial charge in [-0.2, -0.15) is 0 Å². The second kappa shape index (κ2) is 2.55. The van der Waals surface area contributed by atoms with Crippen LogP contribution in [0.25, 0.3) is 16.9 Å². The zero-order chi connectivity index (χ0) is 9.42. The van der Waals surface area contributed by atoms with Gasteiger partial charge in [-0.15, -0.1) is 0 Å². The molecule has 0 aromatic carbocycles. The number of allylic oxidation sites excluding steroid dienone is 1. The van der Waals surface area contributed by atoms with E-state index in [9.17, 15) is 4.79 Å². The Hall–Kier alpha value is -1.91. The molecule has 0 unspecified atom stereocenters. The van der Waals surface area contributed by atoms with Crippen LogP contribution in [0.2, 0.25) is 0 Å². The molecule has 0 aliphatic carbocycles. The molecule has 2 heterocycles. The highest BCUT2D eigenvalue weighted by Crippen LogP contribution is 2.08. The molecule has 5 nitrogen and oxygen atoms in total. The normalized spacial score (nSPS) is 10.5. The van der Waals surface area contributed by atoms with E-state index in [0.29, 0.717) is 11.2 Å². The van der Waals surface area contributed by atoms with Crippen LogP contribution in [0, 0.1) is 0 Å². The lowest BCUT2D eigenvalue weighted by molar-refractivity contribution is 1.07. The first-order valence-corrected chi connectivity index (χ1v) is 3.77. The SMILES string of the molecule is C=C(C)n1cnc2c(=O)[nH]cnc21. The predicted octanol–water partition coefficient (Wildman–Crippen LogP) is 0.610. The van der Waals surface area contributed by atoms with Gasteiger partial charge < -0.3 is 4.98 Å². The second-order valence-corrected chi connectivity index (χ2v) is 2.75. The largest absolute Gasteiger partial charge is 0.311 e. The summed E-state index contributed by atoms with van der Waals surface area (Å²) in [6.07, 6.45) is 2.89. The van der Waals surface area contributed by atoms with Gasteiger partial charge in [-0.3, -0.25) is 9.36 Å². The van der Waals surface area contributed by atoms with Gasteiger partial charge in [0.25, 0.3) is 5.56 Å². The number of hydrogen-bond donors (Lipinski definition) is 1. The number of fused-ring (bicyclic) bond motifs is 1. The molecule has 0 saturated heterocycles. The smallest absolute Gasteiger partial charge is 0.278 e. The zero-order valence-electron chi connectivity index (χ0n) is 7.11. The number of nitrogens with one attached hydrogen (secondary N) is 1. The minimum atomic E-state index is -0.231. The van der Waals surface area contributed by atoms with Crippen molar-refractivity contribution in [3.63, 3.8) is 0 Å². The number of H-pyrrole nitrogens is 1. The highest BCUT2D eigenvalue weighted by Gasteiger charge is 2.06. The molecule has 5 heteroatoms. The predicted molar refractivity (Wildman–Crippen MR) is 49.2 cm³/mol. The zero-order valence-corrected chi connectivity index (χ0v) is 7.11. The van der Waals surface area contributed by atoms with Crippen LogP contribution in [0.1, 0.15) is 6.92 Å². The molecule has 0 radical (unpaired) electrons. The van der Waals surface area contributed by atoms with Crippen LogP contribution in [-0.4, -0.2) is 19.5 Å². The lowest BCUT2D eigenvalue weighted by Gasteiger charge is -1.98. The minimum absolute atomic E-state index is 0.231. The summed E-state index contributed by atoms with van der Waals surface area (Å²) in [6, 6.07) is 0. The third kappa shape index (κ3) is 1.05. The number of imidazole rings is 1. The topological polar surface area (TPSA) is 63.6 Å². The van der Waals surface area contributed by atoms with Gasteiger partial charge in [0, 0.05) is 5.70 Å². The van der Waals surface area contributed by atoms with E-state index in [4.69, 9.17) is 0 Å². The van der Waals surface area contributed by atoms with E-state index in [1.807, 2.05) is 6.92 Å². The summed E-state index contributed by atoms with van der Waals surface area (Å²) in [4.78, 5) is 21.6. The molecule has 0 aliphatic rings. The van der Waals surface area contributed by atoms with Gasteiger partial charge in [0.2, 0.25) is 0 Å². The fourth-order valence-corrected chi connectivity index (χ4v) is 1.13. The van der Waals surface area contributed by atoms with Gasteiger partial charge in [-0.25, -0.2) is 9.97 Å². The van der Waals surface area contributed by atoms with E-state index >= 15 is 0 Å². The summed E-state index contributed by atoms with van der Waals surface area (Å²) in [7, 11) is 0. The molecule has 0 aliphatic heterocycles. The average Bonchev–Trinajstić information content (AvgIpc) is 2.48. The molecule has 2 aromatic rings. The monoisotopic (exact) mass is 176 g/mol. The Morgan fingerprint density at radius 3 is 3.08 bits per heavy atom. The van der Waals surface area contributed by atoms with Gasteiger partial charge in [-0.05, 0) is 6.92 Å². The van der Waals surface area contributed by atoms with Gasteiger partial charge in [-0.1, -0.05) is 6.58 Å². The van der Waals surface area contributed by atoms with Gasteiger partial charge in [0.15, 0.2) is 11.2 Å². The number of nitrogens with zero attached hydrogens (tertiary/aromatic N) is 3. The van der Waals surface area contributed by atoms with Crippen LogP contribution in [0.4, 0.5) is 0 Å². The van der Waals surface area contributed by atoms with E-state index in [0.717, 1.165) is 5.70 Å². The van der Waals surface area contributed by atoms with Crippen LogP contribution >= 0.6 is 0 Å². The van der Waals surface area contributed by atoms with Crippen LogP contribution in [-0.2, 0) is 0 Å². The van der Waals surface area contributed by atoms with Crippen molar-refractivity contribution < 1.29 is 0 Å². The summed E-state index contributed by atoms with van der Waals surface area (Å²) in [5.74, 6) is 0. The molecule has 2 rings (SSSR count). The lowest BCUT2D eigenvalue weighted by atomic mass is 10.5. The number of aromatic amines is 1. The van der Waals surface area contributed by atoms with E-state index in [1.165, 1.54) is 12.7 Å². The molecule has 0 amide bonds. The van der Waals surface area contributed by atoms with Crippen molar-refractivity contribution in [3.8, 4) is 0 Å². The molecule has 66 valence electrons. The fourth-order valence-electron chi connectivity index (χ4n) is 1.13. The molecular weight excluding hydrogens is 168 g/mol. The Kier molecular flexibility index (Phi) is 1.51. The van der Waals surface area contributed by atoms with E-state index in [1.54, 1.807) is 4.57 Å². The molecule has 0 saturated carbocycles. The average molecular weight is 176 g/mol. The van der Waals surface area contributed by atoms with Crippen LogP contribution < -0.4 is 5.56 Å². The number of aromatic nitrogens is 4. The Morgan fingerprint density at radius 1 is 1.62 bits per heavy atom. The Balaban J connectivity index is 2.91. The van der Waals surface area contributed by atoms with Crippen LogP contribution in [0.15, 0.2) is 24.0 Å². The van der Waals surface area contributed by atoms with Crippen molar-refractivity contribution in [1.29, 1.82) is 0 Å². The standard InChI is InChI=1S/C8H8N4O/c1-5(2)12-4-11-6-7(12)9-3-10-8(6)13/h3-4H,1H2,2H3,(H,9,10,13). The summed E-state index contributed by atoms with van der Waals surface area (Å²) in [5, 5.41) is 0. The summed E-state index contributed by atoms with van der Waals surface area (Å²) >= 11 is 0. The van der Waals surface area contributed by atoms with Crippen molar-refractivity contribution >= 4 is 16.9 Å². The van der Waals surface area contributed by atoms with Gasteiger partial charge in [0.1, 0.15) is 6.33 Å². The van der Waals surface area contributed by atoms with E-state index in [-0.39, 0.29) is 5.56 Å². The second-order valence-electron chi connectivity index (χ2n) is 2.75. The summed E-state index contributed by atoms with van der Waals surface area (Å²) < 4.78 is 1.67. The van der Waals surface area contributed by atoms with E-state index < -0.39 is 0 Å². The molecule has 0 bridgehead atoms. The number of rotatable bonds is 1. The van der Waals surface area contributed by atoms with Crippen molar-refractivity contribution in [2.75, 3.05) is 0 Å². The molecule has 0 fully saturated rings. The quantitative estimate of drug-likeness (QED) is 0.692. The number of hydrogen-bond acceptors (Lipinski definition) is 3. The van der Waals surface area contributed by atoms with E-state index in [2.05, 4.69) is 21.5 Å². The maximum absolute atomic E-state index is 11.2. The summed E-state index contributed by atoms with van der Waals surface area (Å²) in [5.41, 5.74) is 1.42. The molecule has 1 N–H and O–H groups in total. The Bertz CT molecular complexity index is 522. The van der Waals surface area contributed by atoms with Gasteiger partial charge >= 0.3 is 0 Å². The molecule has 0 spiro atoms. The molecule has 0 atom stereocenters. The first kappa shape index (κ1) is 7.72. The maximum atomic E-state index is 11.2. The molecular formula is C8H8N4O. The molecule has 13 heavy (non-hydrogen) atoms. The fraction of sp³-hybridized carbons (Fsp3) is 0.125. The highest BCUT2D eigenvalue weighted by molar-refractivity contribution is 5.72. The lowest BCUT2D eigenvalue weighted by Crippen LogP contribution is -2.06. The third-order valence-electron chi connectivity index (χ3n) is 1.75. The van der Waals surface area contributed by atoms with Crippen molar-refractivity contribution in [1.82, 2.24) is 19.5 Å². The first-order chi connectivity index (χ1) is 6.20. The minimum Gasteiger partial charge on any atom is -0.311 e. The highest BCUT2D eigenvalue weighted by atomic mass is 16.1. The van der Waals surface area contributed by atoms with Gasteiger partial charge in [0.05, 0.1) is 6.33 Å². The van der Waals surface area contributed by atoms with Crippen LogP contribution in [0.5, 0.6) is 0 Å². The maximum Gasteiger partial charge on any atom is 0.278 e. The third-order valence-corrected chi connectivity index (χ3v) is 1.75. The molecule has 2 aromatic heterocycles. The Labute approximate surface area is 73.8 Å². The van der Waals surface area contributed by atoms with Crippen molar-refractivity contribution in [2.24, 2.45) is 0 Å². The summed E-state index contributed by atoms with van der Waals surface area (Å²) in [6.45, 7) is 5.57. The first-order valence-electron chi connectivity index (χ1n) is 3.77. The van der Waals surface area contributed by atoms with Crippen LogP contribution in [0.3, 0.4) is 0 Å². The van der Waals surface area contributed by atoms with Crippen molar-refractivity contribution in [2.45, 2.75) is 6.92 Å².